The molecule has 1 aromatic carbocycles. The Balaban J connectivity index is 2.14. The Morgan fingerprint density at radius 3 is 2.36 bits per heavy atom. The van der Waals surface area contributed by atoms with Gasteiger partial charge in [0.1, 0.15) is 10.6 Å². The number of hydrogen-bond acceptors (Lipinski definition) is 6. The third-order valence-electron chi connectivity index (χ3n) is 5.21. The molecule has 0 aromatic heterocycles. The molecule has 0 bridgehead atoms. The summed E-state index contributed by atoms with van der Waals surface area (Å²) in [5, 5.41) is 0. The quantitative estimate of drug-likeness (QED) is 0.709. The molecule has 8 nitrogen and oxygen atoms in total. The van der Waals surface area contributed by atoms with Crippen molar-refractivity contribution in [2.75, 3.05) is 16.7 Å². The zero-order chi connectivity index (χ0) is 20.7. The maximum absolute atomic E-state index is 13.5. The maximum Gasteiger partial charge on any atom is 0.247 e. The van der Waals surface area contributed by atoms with Gasteiger partial charge < -0.3 is 4.74 Å². The van der Waals surface area contributed by atoms with E-state index in [2.05, 4.69) is 0 Å². The molecular formula is C18H26N2O6S2. The fourth-order valence-corrected chi connectivity index (χ4v) is 7.44. The van der Waals surface area contributed by atoms with Crippen LogP contribution >= 0.6 is 0 Å². The van der Waals surface area contributed by atoms with Crippen LogP contribution in [0, 0.1) is 0 Å². The monoisotopic (exact) mass is 430 g/mol. The Kier molecular flexibility index (Phi) is 5.75. The highest BCUT2D eigenvalue weighted by Crippen LogP contribution is 2.37. The fraction of sp³-hybridized carbons (Fsp3) is 0.611. The maximum atomic E-state index is 13.5. The first-order chi connectivity index (χ1) is 13.1. The molecule has 1 aromatic rings. The molecule has 0 radical (unpaired) electrons. The number of nitrogens with zero attached hydrogens (tertiary/aromatic N) is 2. The van der Waals surface area contributed by atoms with Crippen LogP contribution in [0.25, 0.3) is 0 Å². The molecule has 0 unspecified atom stereocenters. The van der Waals surface area contributed by atoms with E-state index in [-0.39, 0.29) is 47.2 Å². The number of piperidine rings is 1. The van der Waals surface area contributed by atoms with Gasteiger partial charge in [-0.2, -0.15) is 4.31 Å². The number of hydrogen-bond donors (Lipinski definition) is 0. The Labute approximate surface area is 166 Å². The van der Waals surface area contributed by atoms with Crippen molar-refractivity contribution in [2.24, 2.45) is 0 Å². The fourth-order valence-electron chi connectivity index (χ4n) is 3.95. The lowest BCUT2D eigenvalue weighted by Crippen LogP contribution is -2.47. The first kappa shape index (κ1) is 21.1. The molecule has 2 atom stereocenters. The minimum Gasteiger partial charge on any atom is -0.492 e. The molecule has 2 fully saturated rings. The van der Waals surface area contributed by atoms with Crippen LogP contribution in [0.5, 0.6) is 5.75 Å². The molecule has 0 N–H and O–H groups in total. The predicted octanol–water partition coefficient (Wildman–Crippen LogP) is 2.10. The van der Waals surface area contributed by atoms with Crippen LogP contribution in [-0.2, 0) is 24.8 Å². The van der Waals surface area contributed by atoms with Gasteiger partial charge in [0.05, 0.1) is 18.0 Å². The Bertz CT molecular complexity index is 964. The molecule has 0 aliphatic carbocycles. The lowest BCUT2D eigenvalue weighted by atomic mass is 10.0. The summed E-state index contributed by atoms with van der Waals surface area (Å²) in [6.07, 6.45) is 2.35. The van der Waals surface area contributed by atoms with Crippen LogP contribution in [0.15, 0.2) is 23.1 Å². The van der Waals surface area contributed by atoms with Gasteiger partial charge in [-0.05, 0) is 51.8 Å². The van der Waals surface area contributed by atoms with Gasteiger partial charge in [0.15, 0.2) is 0 Å². The summed E-state index contributed by atoms with van der Waals surface area (Å²) in [6.45, 7) is 5.73. The normalized spacial score (nSPS) is 25.8. The van der Waals surface area contributed by atoms with E-state index in [0.29, 0.717) is 4.31 Å². The summed E-state index contributed by atoms with van der Waals surface area (Å²) in [4.78, 5) is 12.0. The second-order valence-electron chi connectivity index (χ2n) is 7.25. The molecule has 10 heteroatoms. The van der Waals surface area contributed by atoms with Crippen molar-refractivity contribution in [3.05, 3.63) is 18.2 Å². The smallest absolute Gasteiger partial charge is 0.247 e. The van der Waals surface area contributed by atoms with Crippen LogP contribution < -0.4 is 9.04 Å². The summed E-state index contributed by atoms with van der Waals surface area (Å²) in [7, 11) is -7.73. The van der Waals surface area contributed by atoms with Gasteiger partial charge in [0.2, 0.25) is 26.0 Å². The van der Waals surface area contributed by atoms with E-state index in [0.717, 1.165) is 19.3 Å². The third-order valence-corrected chi connectivity index (χ3v) is 9.05. The molecule has 2 heterocycles. The molecular weight excluding hydrogens is 404 g/mol. The van der Waals surface area contributed by atoms with Crippen molar-refractivity contribution in [1.29, 1.82) is 0 Å². The van der Waals surface area contributed by atoms with Crippen molar-refractivity contribution in [3.63, 3.8) is 0 Å². The summed E-state index contributed by atoms with van der Waals surface area (Å²) in [5.74, 6) is -0.686. The Morgan fingerprint density at radius 2 is 1.82 bits per heavy atom. The average molecular weight is 431 g/mol. The lowest BCUT2D eigenvalue weighted by molar-refractivity contribution is -0.116. The van der Waals surface area contributed by atoms with E-state index in [4.69, 9.17) is 4.74 Å². The SMILES string of the molecule is CCOc1ccc(N2C(=O)CCS2(=O)=O)cc1S(=O)(=O)N1[C@H](C)CCC[C@@H]1C. The molecule has 2 saturated heterocycles. The first-order valence-electron chi connectivity index (χ1n) is 9.46. The highest BCUT2D eigenvalue weighted by molar-refractivity contribution is 7.94. The number of carbonyl (C=O) groups is 1. The number of amides is 1. The van der Waals surface area contributed by atoms with Gasteiger partial charge in [-0.25, -0.2) is 21.1 Å². The standard InChI is InChI=1S/C18H26N2O6S2/c1-4-26-16-9-8-15(20-18(21)10-11-27(20,22)23)12-17(16)28(24,25)19-13(2)6-5-7-14(19)3/h8-9,12-14H,4-7,10-11H2,1-3H3/t13-,14+. The summed E-state index contributed by atoms with van der Waals surface area (Å²) < 4.78 is 59.2. The largest absolute Gasteiger partial charge is 0.492 e. The van der Waals surface area contributed by atoms with E-state index in [9.17, 15) is 21.6 Å². The van der Waals surface area contributed by atoms with Gasteiger partial charge >= 0.3 is 0 Å². The van der Waals surface area contributed by atoms with E-state index >= 15 is 0 Å². The summed E-state index contributed by atoms with van der Waals surface area (Å²) in [5.41, 5.74) is 0.0295. The van der Waals surface area contributed by atoms with Crippen LogP contribution in [0.1, 0.15) is 46.5 Å². The minimum absolute atomic E-state index is 0.0295. The molecule has 2 aliphatic rings. The summed E-state index contributed by atoms with van der Waals surface area (Å²) in [6, 6.07) is 3.72. The van der Waals surface area contributed by atoms with Crippen molar-refractivity contribution < 1.29 is 26.4 Å². The highest BCUT2D eigenvalue weighted by atomic mass is 32.2. The number of anilines is 1. The number of sulfonamides is 2. The zero-order valence-electron chi connectivity index (χ0n) is 16.3. The molecule has 3 rings (SSSR count). The Hall–Kier alpha value is -1.65. The van der Waals surface area contributed by atoms with Crippen LogP contribution in [-0.4, -0.2) is 51.5 Å². The number of carbonyl (C=O) groups excluding carboxylic acids is 1. The van der Waals surface area contributed by atoms with Gasteiger partial charge in [-0.1, -0.05) is 6.42 Å². The van der Waals surface area contributed by atoms with Gasteiger partial charge in [-0.15, -0.1) is 0 Å². The topological polar surface area (TPSA) is 101 Å². The number of ether oxygens (including phenoxy) is 1. The van der Waals surface area contributed by atoms with Gasteiger partial charge in [0, 0.05) is 18.5 Å². The predicted molar refractivity (Wildman–Crippen MR) is 105 cm³/mol. The molecule has 1 amide bonds. The second kappa shape index (κ2) is 7.64. The van der Waals surface area contributed by atoms with Gasteiger partial charge in [-0.3, -0.25) is 4.79 Å². The van der Waals surface area contributed by atoms with E-state index < -0.39 is 26.0 Å². The van der Waals surface area contributed by atoms with Crippen LogP contribution in [0.3, 0.4) is 0 Å². The van der Waals surface area contributed by atoms with Crippen molar-refractivity contribution in [1.82, 2.24) is 4.31 Å². The molecule has 156 valence electrons. The highest BCUT2D eigenvalue weighted by Gasteiger charge is 2.40. The number of benzene rings is 1. The van der Waals surface area contributed by atoms with E-state index in [1.165, 1.54) is 22.5 Å². The molecule has 0 saturated carbocycles. The van der Waals surface area contributed by atoms with Crippen LogP contribution in [0.4, 0.5) is 5.69 Å². The average Bonchev–Trinajstić information content (AvgIpc) is 2.88. The molecule has 0 spiro atoms. The van der Waals surface area contributed by atoms with Crippen molar-refractivity contribution in [3.8, 4) is 5.75 Å². The van der Waals surface area contributed by atoms with Crippen molar-refractivity contribution in [2.45, 2.75) is 63.4 Å². The minimum atomic E-state index is -3.94. The van der Waals surface area contributed by atoms with Gasteiger partial charge in [0.25, 0.3) is 0 Å². The first-order valence-corrected chi connectivity index (χ1v) is 12.5. The van der Waals surface area contributed by atoms with E-state index in [1.807, 2.05) is 13.8 Å². The van der Waals surface area contributed by atoms with Crippen molar-refractivity contribution >= 4 is 31.6 Å². The molecule has 28 heavy (non-hydrogen) atoms. The Morgan fingerprint density at radius 1 is 1.18 bits per heavy atom. The zero-order valence-corrected chi connectivity index (χ0v) is 17.9. The summed E-state index contributed by atoms with van der Waals surface area (Å²) >= 11 is 0. The van der Waals surface area contributed by atoms with E-state index in [1.54, 1.807) is 6.92 Å². The lowest BCUT2D eigenvalue weighted by Gasteiger charge is -2.38. The van der Waals surface area contributed by atoms with Crippen LogP contribution in [0.2, 0.25) is 0 Å². The third kappa shape index (κ3) is 3.65. The number of rotatable bonds is 5. The molecule has 2 aliphatic heterocycles. The second-order valence-corrected chi connectivity index (χ2v) is 11.0.